The van der Waals surface area contributed by atoms with Gasteiger partial charge >= 0.3 is 0 Å². The molecule has 1 atom stereocenters. The van der Waals surface area contributed by atoms with E-state index < -0.39 is 0 Å². The van der Waals surface area contributed by atoms with Crippen LogP contribution in [0, 0.1) is 16.6 Å². The Morgan fingerprint density at radius 2 is 2.02 bits per heavy atom. The highest BCUT2D eigenvalue weighted by Crippen LogP contribution is 2.32. The molecule has 0 spiro atoms. The summed E-state index contributed by atoms with van der Waals surface area (Å²) < 4.78 is 19.1. The molecule has 10 heteroatoms. The van der Waals surface area contributed by atoms with Crippen molar-refractivity contribution in [2.75, 3.05) is 45.9 Å². The molecule has 0 aliphatic carbocycles. The summed E-state index contributed by atoms with van der Waals surface area (Å²) in [7, 11) is 0. The number of hydrogen-bond acceptors (Lipinski definition) is 7. The molecule has 4 heterocycles. The van der Waals surface area contributed by atoms with Crippen molar-refractivity contribution in [3.05, 3.63) is 83.8 Å². The number of allylic oxidation sites excluding steroid dienone is 1. The highest BCUT2D eigenvalue weighted by molar-refractivity contribution is 6.07. The van der Waals surface area contributed by atoms with Gasteiger partial charge in [0.2, 0.25) is 0 Å². The molecular weight excluding hydrogens is 507 g/mol. The molecule has 0 unspecified atom stereocenters. The Morgan fingerprint density at radius 3 is 2.85 bits per heavy atom. The Morgan fingerprint density at radius 1 is 1.18 bits per heavy atom. The summed E-state index contributed by atoms with van der Waals surface area (Å²) in [4.78, 5) is 16.8. The van der Waals surface area contributed by atoms with Gasteiger partial charge in [-0.05, 0) is 54.8 Å². The van der Waals surface area contributed by atoms with Crippen LogP contribution in [0.25, 0.3) is 23.0 Å². The Balaban J connectivity index is 1.21. The minimum atomic E-state index is -0.254. The minimum absolute atomic E-state index is 0.00287. The summed E-state index contributed by atoms with van der Waals surface area (Å²) in [5, 5.41) is 19.8. The fourth-order valence-corrected chi connectivity index (χ4v) is 5.09. The van der Waals surface area contributed by atoms with E-state index in [9.17, 15) is 4.39 Å². The third-order valence-electron chi connectivity index (χ3n) is 7.20. The van der Waals surface area contributed by atoms with Gasteiger partial charge in [-0.15, -0.1) is 0 Å². The van der Waals surface area contributed by atoms with Crippen LogP contribution < -0.4 is 5.32 Å². The van der Waals surface area contributed by atoms with E-state index in [-0.39, 0.29) is 11.9 Å². The number of nitrogens with zero attached hydrogens (tertiary/aromatic N) is 4. The second kappa shape index (κ2) is 13.3. The Kier molecular flexibility index (Phi) is 9.10. The maximum Gasteiger partial charge on any atom is 0.130 e. The number of aromatic amines is 1. The number of ether oxygens (including phenoxy) is 1. The fraction of sp³-hybridized carbons (Fsp3) is 0.333. The third-order valence-corrected chi connectivity index (χ3v) is 7.20. The number of nitrogens with one attached hydrogen (secondary N) is 4. The molecule has 40 heavy (non-hydrogen) atoms. The number of morpholine rings is 1. The Labute approximate surface area is 233 Å². The zero-order valence-electron chi connectivity index (χ0n) is 22.4. The molecule has 9 nitrogen and oxygen atoms in total. The molecule has 1 aromatic carbocycles. The van der Waals surface area contributed by atoms with E-state index in [0.29, 0.717) is 28.6 Å². The highest BCUT2D eigenvalue weighted by Gasteiger charge is 2.27. The van der Waals surface area contributed by atoms with Crippen molar-refractivity contribution in [3.63, 3.8) is 0 Å². The van der Waals surface area contributed by atoms with Gasteiger partial charge in [0, 0.05) is 50.7 Å². The van der Waals surface area contributed by atoms with Crippen molar-refractivity contribution in [1.82, 2.24) is 30.1 Å². The van der Waals surface area contributed by atoms with Crippen molar-refractivity contribution in [2.24, 2.45) is 0 Å². The Bertz CT molecular complexity index is 1380. The van der Waals surface area contributed by atoms with Gasteiger partial charge in [-0.2, -0.15) is 0 Å². The first-order valence-electron chi connectivity index (χ1n) is 13.7. The van der Waals surface area contributed by atoms with E-state index in [4.69, 9.17) is 20.5 Å². The standard InChI is InChI=1S/C30H35FN8O/c31-24-5-1-4-22(18-24)28-8-3-12-39(28)29(33)9-10-30-35-21-27(37-30)26-7-2-6-25(36-26)23(19-32)20-34-11-13-38-14-16-40-17-15-38/h1-2,4-7,9-10,18-21,28,32-34H,3,8,11-17H2,(H,35,37)/b10-9-,23-20+,32-19?,33-29?/t28-/m1/s1. The van der Waals surface area contributed by atoms with E-state index in [0.717, 1.165) is 70.0 Å². The lowest BCUT2D eigenvalue weighted by molar-refractivity contribution is 0.0388. The number of likely N-dealkylation sites (tertiary alicyclic amines) is 1. The number of halogens is 1. The number of H-pyrrole nitrogens is 1. The zero-order chi connectivity index (χ0) is 27.7. The van der Waals surface area contributed by atoms with Crippen LogP contribution in [0.4, 0.5) is 4.39 Å². The molecule has 0 amide bonds. The van der Waals surface area contributed by atoms with Crippen LogP contribution in [0.1, 0.15) is 36.0 Å². The van der Waals surface area contributed by atoms with Crippen LogP contribution in [0.2, 0.25) is 0 Å². The van der Waals surface area contributed by atoms with Gasteiger partial charge in [0.25, 0.3) is 0 Å². The number of amidine groups is 1. The van der Waals surface area contributed by atoms with Gasteiger partial charge in [0.15, 0.2) is 0 Å². The number of pyridine rings is 1. The average molecular weight is 543 g/mol. The summed E-state index contributed by atoms with van der Waals surface area (Å²) in [5.74, 6) is 0.725. The van der Waals surface area contributed by atoms with Crippen LogP contribution in [-0.4, -0.2) is 82.7 Å². The normalized spacial score (nSPS) is 18.4. The fourth-order valence-electron chi connectivity index (χ4n) is 5.09. The van der Waals surface area contributed by atoms with Gasteiger partial charge in [-0.1, -0.05) is 18.2 Å². The summed E-state index contributed by atoms with van der Waals surface area (Å²) in [6.07, 6.45) is 10.2. The predicted molar refractivity (Wildman–Crippen MR) is 156 cm³/mol. The summed E-state index contributed by atoms with van der Waals surface area (Å²) in [5.41, 5.74) is 3.74. The number of rotatable bonds is 10. The molecule has 0 bridgehead atoms. The lowest BCUT2D eigenvalue weighted by Crippen LogP contribution is -2.39. The van der Waals surface area contributed by atoms with Crippen molar-refractivity contribution >= 4 is 23.7 Å². The first kappa shape index (κ1) is 27.4. The topological polar surface area (TPSA) is 117 Å². The van der Waals surface area contributed by atoms with Gasteiger partial charge in [-0.3, -0.25) is 10.3 Å². The largest absolute Gasteiger partial charge is 0.389 e. The number of aromatic nitrogens is 3. The quantitative estimate of drug-likeness (QED) is 0.172. The molecule has 0 radical (unpaired) electrons. The molecule has 2 fully saturated rings. The first-order chi connectivity index (χ1) is 19.6. The molecule has 2 aliphatic heterocycles. The van der Waals surface area contributed by atoms with E-state index in [2.05, 4.69) is 20.2 Å². The maximum atomic E-state index is 13.8. The third kappa shape index (κ3) is 6.88. The van der Waals surface area contributed by atoms with Crippen LogP contribution in [0.5, 0.6) is 0 Å². The van der Waals surface area contributed by atoms with E-state index in [1.54, 1.807) is 30.5 Å². The molecule has 2 aromatic heterocycles. The summed E-state index contributed by atoms with van der Waals surface area (Å²) in [6.45, 7) is 5.91. The van der Waals surface area contributed by atoms with Gasteiger partial charge in [0.1, 0.15) is 17.5 Å². The number of imidazole rings is 1. The molecule has 208 valence electrons. The first-order valence-corrected chi connectivity index (χ1v) is 13.7. The second-order valence-electron chi connectivity index (χ2n) is 9.87. The van der Waals surface area contributed by atoms with Crippen LogP contribution >= 0.6 is 0 Å². The monoisotopic (exact) mass is 542 g/mol. The average Bonchev–Trinajstić information content (AvgIpc) is 3.67. The molecule has 2 saturated heterocycles. The van der Waals surface area contributed by atoms with Gasteiger partial charge < -0.3 is 25.3 Å². The molecule has 0 saturated carbocycles. The van der Waals surface area contributed by atoms with Gasteiger partial charge in [0.05, 0.1) is 42.5 Å². The van der Waals surface area contributed by atoms with Crippen molar-refractivity contribution in [2.45, 2.75) is 18.9 Å². The van der Waals surface area contributed by atoms with Crippen LogP contribution in [0.3, 0.4) is 0 Å². The van der Waals surface area contributed by atoms with E-state index >= 15 is 0 Å². The van der Waals surface area contributed by atoms with Crippen molar-refractivity contribution in [1.29, 1.82) is 10.8 Å². The number of benzene rings is 1. The smallest absolute Gasteiger partial charge is 0.130 e. The molecule has 5 rings (SSSR count). The molecule has 4 N–H and O–H groups in total. The van der Waals surface area contributed by atoms with Gasteiger partial charge in [-0.25, -0.2) is 14.4 Å². The van der Waals surface area contributed by atoms with Crippen LogP contribution in [-0.2, 0) is 4.74 Å². The summed E-state index contributed by atoms with van der Waals surface area (Å²) >= 11 is 0. The maximum absolute atomic E-state index is 13.8. The molecule has 3 aromatic rings. The summed E-state index contributed by atoms with van der Waals surface area (Å²) in [6, 6.07) is 12.3. The zero-order valence-corrected chi connectivity index (χ0v) is 22.4. The van der Waals surface area contributed by atoms with Crippen LogP contribution in [0.15, 0.2) is 60.9 Å². The molecule has 2 aliphatic rings. The lowest BCUT2D eigenvalue weighted by Gasteiger charge is -2.26. The second-order valence-corrected chi connectivity index (χ2v) is 9.87. The van der Waals surface area contributed by atoms with E-state index in [1.165, 1.54) is 12.3 Å². The van der Waals surface area contributed by atoms with Crippen molar-refractivity contribution in [3.8, 4) is 11.4 Å². The minimum Gasteiger partial charge on any atom is -0.389 e. The predicted octanol–water partition coefficient (Wildman–Crippen LogP) is 4.35. The highest BCUT2D eigenvalue weighted by atomic mass is 19.1. The molecular formula is C30H35FN8O. The lowest BCUT2D eigenvalue weighted by atomic mass is 10.0. The Hall–Kier alpha value is -4.15. The van der Waals surface area contributed by atoms with E-state index in [1.807, 2.05) is 35.4 Å². The SMILES string of the molecule is N=C/C(=C\NCCN1CCOCC1)c1cccc(-c2cnc(/C=C\C(=N)N3CCC[C@@H]3c3cccc(F)c3)[nH]2)n1. The number of hydrogen-bond donors (Lipinski definition) is 4. The van der Waals surface area contributed by atoms with Crippen molar-refractivity contribution < 1.29 is 9.13 Å².